The van der Waals surface area contributed by atoms with E-state index in [-0.39, 0.29) is 11.3 Å². The summed E-state index contributed by atoms with van der Waals surface area (Å²) in [4.78, 5) is 12.0. The molecule has 0 fully saturated rings. The van der Waals surface area contributed by atoms with E-state index in [2.05, 4.69) is 5.32 Å². The minimum Gasteiger partial charge on any atom is -0.396 e. The van der Waals surface area contributed by atoms with E-state index in [1.807, 2.05) is 13.0 Å². The molecule has 0 saturated heterocycles. The highest BCUT2D eigenvalue weighted by molar-refractivity contribution is 6.34. The number of nitrogens with two attached hydrogens (primary N) is 1. The van der Waals surface area contributed by atoms with E-state index in [0.717, 1.165) is 11.6 Å². The van der Waals surface area contributed by atoms with Gasteiger partial charge >= 0.3 is 0 Å². The average molecular weight is 279 g/mol. The van der Waals surface area contributed by atoms with Crippen LogP contribution in [0.4, 0.5) is 15.8 Å². The van der Waals surface area contributed by atoms with Crippen molar-refractivity contribution in [3.8, 4) is 0 Å². The Balaban J connectivity index is 2.25. The van der Waals surface area contributed by atoms with Gasteiger partial charge in [0.1, 0.15) is 5.82 Å². The first-order chi connectivity index (χ1) is 8.97. The number of carbonyl (C=O) groups is 1. The molecule has 0 atom stereocenters. The Morgan fingerprint density at radius 2 is 2.00 bits per heavy atom. The van der Waals surface area contributed by atoms with Gasteiger partial charge in [-0.25, -0.2) is 4.39 Å². The highest BCUT2D eigenvalue weighted by Crippen LogP contribution is 2.23. The third-order valence-corrected chi connectivity index (χ3v) is 2.96. The number of anilines is 2. The number of rotatable bonds is 2. The molecule has 0 spiro atoms. The number of amides is 1. The molecule has 3 N–H and O–H groups in total. The molecule has 1 amide bonds. The van der Waals surface area contributed by atoms with Crippen LogP contribution in [0.5, 0.6) is 0 Å². The zero-order valence-electron chi connectivity index (χ0n) is 10.2. The second-order valence-corrected chi connectivity index (χ2v) is 4.58. The molecule has 0 bridgehead atoms. The van der Waals surface area contributed by atoms with Crippen LogP contribution in [0.25, 0.3) is 0 Å². The van der Waals surface area contributed by atoms with Crippen molar-refractivity contribution in [3.63, 3.8) is 0 Å². The van der Waals surface area contributed by atoms with E-state index in [4.69, 9.17) is 17.3 Å². The monoisotopic (exact) mass is 278 g/mol. The quantitative estimate of drug-likeness (QED) is 0.824. The van der Waals surface area contributed by atoms with Crippen molar-refractivity contribution in [3.05, 3.63) is 58.4 Å². The van der Waals surface area contributed by atoms with Crippen molar-refractivity contribution < 1.29 is 9.18 Å². The Morgan fingerprint density at radius 3 is 2.68 bits per heavy atom. The van der Waals surface area contributed by atoms with Crippen LogP contribution in [0.15, 0.2) is 36.4 Å². The second kappa shape index (κ2) is 5.28. The van der Waals surface area contributed by atoms with Crippen LogP contribution in [0.1, 0.15) is 15.9 Å². The maximum Gasteiger partial charge on any atom is 0.255 e. The maximum absolute atomic E-state index is 13.3. The predicted molar refractivity (Wildman–Crippen MR) is 75.0 cm³/mol. The van der Waals surface area contributed by atoms with Gasteiger partial charge in [-0.05, 0) is 42.8 Å². The van der Waals surface area contributed by atoms with Gasteiger partial charge in [-0.1, -0.05) is 17.7 Å². The Bertz CT molecular complexity index is 643. The van der Waals surface area contributed by atoms with Gasteiger partial charge in [0.25, 0.3) is 5.91 Å². The normalized spacial score (nSPS) is 10.3. The highest BCUT2D eigenvalue weighted by atomic mass is 35.5. The van der Waals surface area contributed by atoms with Crippen LogP contribution in [0, 0.1) is 12.7 Å². The minimum absolute atomic E-state index is 0.00476. The topological polar surface area (TPSA) is 55.1 Å². The molecule has 0 aliphatic rings. The number of benzene rings is 2. The van der Waals surface area contributed by atoms with Crippen molar-refractivity contribution in [2.45, 2.75) is 6.92 Å². The number of nitrogens with one attached hydrogen (secondary N) is 1. The largest absolute Gasteiger partial charge is 0.396 e. The molecule has 5 heteroatoms. The summed E-state index contributed by atoms with van der Waals surface area (Å²) in [6.07, 6.45) is 0. The summed E-state index contributed by atoms with van der Waals surface area (Å²) in [7, 11) is 0. The summed E-state index contributed by atoms with van der Waals surface area (Å²) in [6.45, 7) is 1.88. The van der Waals surface area contributed by atoms with Crippen LogP contribution in [-0.4, -0.2) is 5.91 Å². The van der Waals surface area contributed by atoms with Gasteiger partial charge in [0, 0.05) is 5.56 Å². The molecule has 2 aromatic carbocycles. The van der Waals surface area contributed by atoms with Gasteiger partial charge in [-0.2, -0.15) is 0 Å². The number of nitrogen functional groups attached to an aromatic ring is 1. The molecule has 2 rings (SSSR count). The van der Waals surface area contributed by atoms with Gasteiger partial charge < -0.3 is 11.1 Å². The Labute approximate surface area is 115 Å². The maximum atomic E-state index is 13.3. The summed E-state index contributed by atoms with van der Waals surface area (Å²) in [5.74, 6) is -1.06. The summed E-state index contributed by atoms with van der Waals surface area (Å²) in [5.41, 5.74) is 7.00. The lowest BCUT2D eigenvalue weighted by Crippen LogP contribution is -2.13. The van der Waals surface area contributed by atoms with Gasteiger partial charge in [-0.3, -0.25) is 4.79 Å². The Hall–Kier alpha value is -2.07. The molecule has 0 unspecified atom stereocenters. The predicted octanol–water partition coefficient (Wildman–Crippen LogP) is 3.62. The standard InChI is InChI=1S/C14H12ClFN2O/c1-8-2-4-10(15)13(6-8)18-14(19)9-3-5-12(17)11(16)7-9/h2-7H,17H2,1H3,(H,18,19). The van der Waals surface area contributed by atoms with Crippen molar-refractivity contribution in [1.29, 1.82) is 0 Å². The van der Waals surface area contributed by atoms with E-state index < -0.39 is 11.7 Å². The summed E-state index contributed by atoms with van der Waals surface area (Å²) >= 11 is 5.98. The first kappa shape index (κ1) is 13.4. The van der Waals surface area contributed by atoms with Gasteiger partial charge in [0.2, 0.25) is 0 Å². The zero-order chi connectivity index (χ0) is 14.0. The third-order valence-electron chi connectivity index (χ3n) is 2.63. The number of carbonyl (C=O) groups excluding carboxylic acids is 1. The average Bonchev–Trinajstić information content (AvgIpc) is 2.37. The van der Waals surface area contributed by atoms with Crippen molar-refractivity contribution in [2.24, 2.45) is 0 Å². The number of hydrogen-bond donors (Lipinski definition) is 2. The summed E-state index contributed by atoms with van der Waals surface area (Å²) in [5, 5.41) is 3.06. The molecule has 0 aromatic heterocycles. The molecule has 0 radical (unpaired) electrons. The smallest absolute Gasteiger partial charge is 0.255 e. The summed E-state index contributed by atoms with van der Waals surface area (Å²) < 4.78 is 13.3. The second-order valence-electron chi connectivity index (χ2n) is 4.17. The Morgan fingerprint density at radius 1 is 1.26 bits per heavy atom. The fourth-order valence-electron chi connectivity index (χ4n) is 1.60. The molecule has 0 aliphatic carbocycles. The van der Waals surface area contributed by atoms with E-state index >= 15 is 0 Å². The van der Waals surface area contributed by atoms with E-state index in [9.17, 15) is 9.18 Å². The molecular formula is C14H12ClFN2O. The van der Waals surface area contributed by atoms with Crippen molar-refractivity contribution >= 4 is 28.9 Å². The van der Waals surface area contributed by atoms with E-state index in [1.165, 1.54) is 12.1 Å². The molecule has 3 nitrogen and oxygen atoms in total. The summed E-state index contributed by atoms with van der Waals surface area (Å²) in [6, 6.07) is 9.17. The van der Waals surface area contributed by atoms with Crippen LogP contribution in [0.2, 0.25) is 5.02 Å². The molecule has 98 valence electrons. The molecular weight excluding hydrogens is 267 g/mol. The molecule has 0 heterocycles. The van der Waals surface area contributed by atoms with Crippen LogP contribution >= 0.6 is 11.6 Å². The van der Waals surface area contributed by atoms with Crippen LogP contribution < -0.4 is 11.1 Å². The fourth-order valence-corrected chi connectivity index (χ4v) is 1.76. The zero-order valence-corrected chi connectivity index (χ0v) is 11.0. The molecule has 0 aliphatic heterocycles. The van der Waals surface area contributed by atoms with E-state index in [1.54, 1.807) is 12.1 Å². The molecule has 19 heavy (non-hydrogen) atoms. The minimum atomic E-state index is -0.622. The van der Waals surface area contributed by atoms with Gasteiger partial charge in [0.15, 0.2) is 0 Å². The lowest BCUT2D eigenvalue weighted by molar-refractivity contribution is 0.102. The fraction of sp³-hybridized carbons (Fsp3) is 0.0714. The first-order valence-electron chi connectivity index (χ1n) is 5.60. The van der Waals surface area contributed by atoms with Crippen molar-refractivity contribution in [2.75, 3.05) is 11.1 Å². The van der Waals surface area contributed by atoms with Gasteiger partial charge in [-0.15, -0.1) is 0 Å². The van der Waals surface area contributed by atoms with Crippen LogP contribution in [0.3, 0.4) is 0 Å². The lowest BCUT2D eigenvalue weighted by Gasteiger charge is -2.08. The van der Waals surface area contributed by atoms with E-state index in [0.29, 0.717) is 10.7 Å². The SMILES string of the molecule is Cc1ccc(Cl)c(NC(=O)c2ccc(N)c(F)c2)c1. The Kier molecular flexibility index (Phi) is 3.71. The van der Waals surface area contributed by atoms with Crippen LogP contribution in [-0.2, 0) is 0 Å². The lowest BCUT2D eigenvalue weighted by atomic mass is 10.1. The third kappa shape index (κ3) is 3.03. The number of hydrogen-bond acceptors (Lipinski definition) is 2. The van der Waals surface area contributed by atoms with Crippen molar-refractivity contribution in [1.82, 2.24) is 0 Å². The number of halogens is 2. The highest BCUT2D eigenvalue weighted by Gasteiger charge is 2.10. The molecule has 0 saturated carbocycles. The molecule has 2 aromatic rings. The van der Waals surface area contributed by atoms with Gasteiger partial charge in [0.05, 0.1) is 16.4 Å². The first-order valence-corrected chi connectivity index (χ1v) is 5.97. The number of aryl methyl sites for hydroxylation is 1.